The van der Waals surface area contributed by atoms with Gasteiger partial charge in [-0.05, 0) is 61.1 Å². The fourth-order valence-corrected chi connectivity index (χ4v) is 7.78. The summed E-state index contributed by atoms with van der Waals surface area (Å²) in [5.74, 6) is -0.799. The molecule has 1 fully saturated rings. The molecule has 13 heteroatoms. The molecule has 4 rings (SSSR count). The van der Waals surface area contributed by atoms with Crippen molar-refractivity contribution in [1.82, 2.24) is 24.4 Å². The number of urea groups is 1. The summed E-state index contributed by atoms with van der Waals surface area (Å²) in [5.41, 5.74) is 3.02. The smallest absolute Gasteiger partial charge is 0.321 e. The Morgan fingerprint density at radius 2 is 1.73 bits per heavy atom. The normalized spacial score (nSPS) is 15.8. The van der Waals surface area contributed by atoms with Gasteiger partial charge in [-0.2, -0.15) is 4.31 Å². The van der Waals surface area contributed by atoms with Crippen LogP contribution in [0.2, 0.25) is 0 Å². The van der Waals surface area contributed by atoms with E-state index in [-0.39, 0.29) is 53.7 Å². The maximum Gasteiger partial charge on any atom is 0.321 e. The van der Waals surface area contributed by atoms with Gasteiger partial charge in [0, 0.05) is 44.6 Å². The van der Waals surface area contributed by atoms with Crippen LogP contribution >= 0.6 is 0 Å². The van der Waals surface area contributed by atoms with Crippen LogP contribution in [0.1, 0.15) is 44.6 Å². The van der Waals surface area contributed by atoms with Crippen LogP contribution in [0, 0.1) is 18.8 Å². The Labute approximate surface area is 284 Å². The van der Waals surface area contributed by atoms with Gasteiger partial charge >= 0.3 is 6.03 Å². The second-order valence-electron chi connectivity index (χ2n) is 13.3. The number of rotatable bonds is 16. The molecule has 0 aliphatic carbocycles. The number of nitrogens with zero attached hydrogens (tertiary/aromatic N) is 3. The number of aromatic nitrogens is 1. The van der Waals surface area contributed by atoms with Gasteiger partial charge in [-0.15, -0.1) is 0 Å². The number of phenols is 1. The van der Waals surface area contributed by atoms with Gasteiger partial charge in [-0.3, -0.25) is 4.79 Å². The van der Waals surface area contributed by atoms with Crippen molar-refractivity contribution >= 4 is 27.6 Å². The van der Waals surface area contributed by atoms with Gasteiger partial charge in [0.2, 0.25) is 15.9 Å². The van der Waals surface area contributed by atoms with E-state index in [1.807, 2.05) is 77.1 Å². The lowest BCUT2D eigenvalue weighted by molar-refractivity contribution is -0.128. The van der Waals surface area contributed by atoms with Crippen molar-refractivity contribution in [3.8, 4) is 5.75 Å². The molecule has 12 nitrogen and oxygen atoms in total. The number of aliphatic hydroxyl groups excluding tert-OH is 1. The molecule has 1 aliphatic rings. The lowest BCUT2D eigenvalue weighted by atomic mass is 9.97. The molecular weight excluding hydrogens is 632 g/mol. The molecular formula is C35H50N6O6S. The van der Waals surface area contributed by atoms with Crippen LogP contribution < -0.4 is 10.6 Å². The van der Waals surface area contributed by atoms with Crippen molar-refractivity contribution in [1.29, 1.82) is 0 Å². The summed E-state index contributed by atoms with van der Waals surface area (Å²) in [7, 11) is -2.53. The molecule has 0 unspecified atom stereocenters. The number of amides is 3. The molecule has 1 saturated heterocycles. The maximum atomic E-state index is 14.1. The highest BCUT2D eigenvalue weighted by atomic mass is 32.2. The summed E-state index contributed by atoms with van der Waals surface area (Å²) in [6.45, 7) is 10.6. The van der Waals surface area contributed by atoms with Gasteiger partial charge in [0.25, 0.3) is 0 Å². The number of aromatic amines is 1. The Morgan fingerprint density at radius 3 is 2.33 bits per heavy atom. The first-order valence-electron chi connectivity index (χ1n) is 16.4. The zero-order chi connectivity index (χ0) is 35.2. The first-order chi connectivity index (χ1) is 22.7. The van der Waals surface area contributed by atoms with Crippen molar-refractivity contribution in [3.05, 3.63) is 77.6 Å². The largest absolute Gasteiger partial charge is 0.506 e. The molecule has 3 atom stereocenters. The Morgan fingerprint density at radius 1 is 1.02 bits per heavy atom. The number of nitrogens with one attached hydrogen (secondary N) is 3. The Kier molecular flexibility index (Phi) is 12.2. The van der Waals surface area contributed by atoms with Crippen molar-refractivity contribution in [2.75, 3.05) is 38.5 Å². The predicted molar refractivity (Wildman–Crippen MR) is 186 cm³/mol. The van der Waals surface area contributed by atoms with Crippen molar-refractivity contribution < 1.29 is 28.2 Å². The van der Waals surface area contributed by atoms with E-state index in [9.17, 15) is 28.2 Å². The van der Waals surface area contributed by atoms with Crippen LogP contribution in [0.5, 0.6) is 5.75 Å². The monoisotopic (exact) mass is 682 g/mol. The van der Waals surface area contributed by atoms with Crippen LogP contribution in [0.15, 0.2) is 65.6 Å². The molecule has 0 saturated carbocycles. The van der Waals surface area contributed by atoms with Crippen LogP contribution in [0.3, 0.4) is 0 Å². The number of benzene rings is 2. The number of hydrogen-bond donors (Lipinski definition) is 5. The lowest BCUT2D eigenvalue weighted by Crippen LogP contribution is -2.57. The van der Waals surface area contributed by atoms with Crippen LogP contribution in [-0.2, 0) is 27.8 Å². The lowest BCUT2D eigenvalue weighted by Gasteiger charge is -2.34. The number of aliphatic hydroxyl groups is 1. The maximum absolute atomic E-state index is 14.1. The third kappa shape index (κ3) is 8.88. The number of phenolic OH excluding ortho intramolecular Hbond substituents is 1. The summed E-state index contributed by atoms with van der Waals surface area (Å²) in [6, 6.07) is 15.3. The van der Waals surface area contributed by atoms with Gasteiger partial charge in [-0.25, -0.2) is 13.2 Å². The molecule has 48 heavy (non-hydrogen) atoms. The summed E-state index contributed by atoms with van der Waals surface area (Å²) in [4.78, 5) is 34.1. The topological polar surface area (TPSA) is 158 Å². The zero-order valence-corrected chi connectivity index (χ0v) is 29.5. The van der Waals surface area contributed by atoms with E-state index in [4.69, 9.17) is 0 Å². The van der Waals surface area contributed by atoms with E-state index in [0.29, 0.717) is 19.6 Å². The highest BCUT2D eigenvalue weighted by molar-refractivity contribution is 7.89. The van der Waals surface area contributed by atoms with E-state index in [1.54, 1.807) is 16.8 Å². The molecule has 3 amide bonds. The first-order valence-corrected chi connectivity index (χ1v) is 17.9. The van der Waals surface area contributed by atoms with Gasteiger partial charge in [0.1, 0.15) is 11.8 Å². The number of carbonyl (C=O) groups is 2. The van der Waals surface area contributed by atoms with E-state index in [0.717, 1.165) is 17.0 Å². The quantitative estimate of drug-likeness (QED) is 0.144. The summed E-state index contributed by atoms with van der Waals surface area (Å²) in [6.07, 6.45) is -1.05. The average molecular weight is 683 g/mol. The minimum atomic E-state index is -4.11. The molecule has 0 radical (unpaired) electrons. The molecule has 5 N–H and O–H groups in total. The fraction of sp³-hybridized carbons (Fsp3) is 0.486. The molecule has 3 aromatic rings. The van der Waals surface area contributed by atoms with E-state index in [2.05, 4.69) is 15.6 Å². The number of anilines is 1. The van der Waals surface area contributed by atoms with E-state index >= 15 is 0 Å². The summed E-state index contributed by atoms with van der Waals surface area (Å²) in [5, 5.41) is 27.7. The molecule has 1 aromatic heterocycles. The molecule has 262 valence electrons. The fourth-order valence-electron chi connectivity index (χ4n) is 6.13. The predicted octanol–water partition coefficient (Wildman–Crippen LogP) is 3.77. The van der Waals surface area contributed by atoms with Gasteiger partial charge in [0.05, 0.1) is 29.3 Å². The number of aryl methyl sites for hydroxylation is 1. The Hall–Kier alpha value is -4.07. The third-order valence-corrected chi connectivity index (χ3v) is 10.4. The van der Waals surface area contributed by atoms with Crippen LogP contribution in [-0.4, -0.2) is 101 Å². The average Bonchev–Trinajstić information content (AvgIpc) is 3.61. The SMILES string of the molecule is CNc1cc(S(=O)(=O)N(CC(C)C)C[C@@H](O)[C@H](Cc2ccccc2)NC(=O)[C@H](C(C)C)N2CCN(Cc3ccc(C)[nH]3)C2=O)ccc1O. The first kappa shape index (κ1) is 36.8. The molecule has 2 heterocycles. The second kappa shape index (κ2) is 15.9. The number of carbonyl (C=O) groups excluding carboxylic acids is 2. The number of aromatic hydroxyl groups is 1. The highest BCUT2D eigenvalue weighted by Crippen LogP contribution is 2.28. The van der Waals surface area contributed by atoms with Gasteiger partial charge in [0.15, 0.2) is 0 Å². The minimum absolute atomic E-state index is 0.0346. The van der Waals surface area contributed by atoms with Gasteiger partial charge < -0.3 is 35.6 Å². The van der Waals surface area contributed by atoms with Crippen LogP contribution in [0.4, 0.5) is 10.5 Å². The minimum Gasteiger partial charge on any atom is -0.506 e. The third-order valence-electron chi connectivity index (χ3n) is 8.54. The van der Waals surface area contributed by atoms with Crippen LogP contribution in [0.25, 0.3) is 0 Å². The molecule has 2 aromatic carbocycles. The molecule has 0 bridgehead atoms. The second-order valence-corrected chi connectivity index (χ2v) is 15.2. The summed E-state index contributed by atoms with van der Waals surface area (Å²) < 4.78 is 29.1. The Balaban J connectivity index is 1.58. The zero-order valence-electron chi connectivity index (χ0n) is 28.7. The number of hydrogen-bond acceptors (Lipinski definition) is 7. The number of H-pyrrole nitrogens is 1. The Bertz CT molecular complexity index is 1640. The summed E-state index contributed by atoms with van der Waals surface area (Å²) >= 11 is 0. The van der Waals surface area contributed by atoms with E-state index in [1.165, 1.54) is 22.5 Å². The van der Waals surface area contributed by atoms with Crippen molar-refractivity contribution in [2.45, 2.75) is 70.7 Å². The van der Waals surface area contributed by atoms with E-state index < -0.39 is 34.1 Å². The van der Waals surface area contributed by atoms with Crippen molar-refractivity contribution in [2.24, 2.45) is 11.8 Å². The van der Waals surface area contributed by atoms with Crippen molar-refractivity contribution in [3.63, 3.8) is 0 Å². The standard InChI is InChI=1S/C35H50N6O6S/c1-23(2)20-40(48(46,47)28-14-15-31(42)29(19-28)36-6)22-32(43)30(18-26-10-8-7-9-11-26)38-34(44)33(24(3)4)41-17-16-39(35(41)45)21-27-13-12-25(5)37-27/h7-15,19,23-24,30,32-33,36-37,42-43H,16-18,20-22H2,1-6H3,(H,38,44)/t30-,32+,33-/m0/s1. The highest BCUT2D eigenvalue weighted by Gasteiger charge is 2.40. The molecule has 0 spiro atoms. The van der Waals surface area contributed by atoms with Gasteiger partial charge in [-0.1, -0.05) is 58.0 Å². The molecule has 1 aliphatic heterocycles. The number of sulfonamides is 1.